The molecule has 0 unspecified atom stereocenters. The molecule has 0 aromatic heterocycles. The third-order valence-electron chi connectivity index (χ3n) is 2.25. The summed E-state index contributed by atoms with van der Waals surface area (Å²) in [5, 5.41) is 4.58. The van der Waals surface area contributed by atoms with Gasteiger partial charge >= 0.3 is 0 Å². The van der Waals surface area contributed by atoms with Gasteiger partial charge in [-0.25, -0.2) is 17.2 Å². The van der Waals surface area contributed by atoms with Crippen LogP contribution in [0.4, 0.5) is 8.78 Å². The summed E-state index contributed by atoms with van der Waals surface area (Å²) in [5.74, 6) is -3.97. The standard InChI is InChI=1S/C8H14F2N2O3S/c1-16(14,15)3-2-7(13)12-6-4-11-5-8(6,9)10/h6,11H,2-5H2,1H3,(H,12,13)/t6-/m1/s1. The van der Waals surface area contributed by atoms with Gasteiger partial charge in [-0.3, -0.25) is 4.79 Å². The van der Waals surface area contributed by atoms with Gasteiger partial charge in [0.25, 0.3) is 5.92 Å². The zero-order chi connectivity index (χ0) is 12.4. The Morgan fingerprint density at radius 3 is 2.62 bits per heavy atom. The molecule has 1 fully saturated rings. The third-order valence-corrected chi connectivity index (χ3v) is 3.20. The van der Waals surface area contributed by atoms with Gasteiger partial charge in [0.15, 0.2) is 0 Å². The van der Waals surface area contributed by atoms with E-state index in [1.165, 1.54) is 0 Å². The van der Waals surface area contributed by atoms with Crippen molar-refractivity contribution in [3.05, 3.63) is 0 Å². The lowest BCUT2D eigenvalue weighted by Crippen LogP contribution is -2.47. The van der Waals surface area contributed by atoms with E-state index >= 15 is 0 Å². The second-order valence-corrected chi connectivity index (χ2v) is 6.15. The Bertz CT molecular complexity index is 369. The molecule has 0 spiro atoms. The molecule has 0 aromatic carbocycles. The molecule has 1 rings (SSSR count). The van der Waals surface area contributed by atoms with Gasteiger partial charge < -0.3 is 10.6 Å². The van der Waals surface area contributed by atoms with Crippen LogP contribution in [0.2, 0.25) is 0 Å². The number of sulfone groups is 1. The number of halogens is 2. The molecule has 5 nitrogen and oxygen atoms in total. The maximum atomic E-state index is 13.0. The highest BCUT2D eigenvalue weighted by Gasteiger charge is 2.44. The Hall–Kier alpha value is -0.760. The fourth-order valence-corrected chi connectivity index (χ4v) is 1.91. The van der Waals surface area contributed by atoms with Crippen molar-refractivity contribution in [3.63, 3.8) is 0 Å². The molecular weight excluding hydrogens is 242 g/mol. The lowest BCUT2D eigenvalue weighted by Gasteiger charge is -2.18. The largest absolute Gasteiger partial charge is 0.346 e. The van der Waals surface area contributed by atoms with E-state index in [2.05, 4.69) is 10.6 Å². The maximum Gasteiger partial charge on any atom is 0.281 e. The van der Waals surface area contributed by atoms with Crippen LogP contribution in [0, 0.1) is 0 Å². The highest BCUT2D eigenvalue weighted by Crippen LogP contribution is 2.21. The van der Waals surface area contributed by atoms with Crippen molar-refractivity contribution in [2.75, 3.05) is 25.1 Å². The van der Waals surface area contributed by atoms with Gasteiger partial charge in [0.05, 0.1) is 12.3 Å². The molecule has 2 N–H and O–H groups in total. The Morgan fingerprint density at radius 2 is 2.19 bits per heavy atom. The van der Waals surface area contributed by atoms with Gasteiger partial charge in [-0.2, -0.15) is 0 Å². The number of nitrogens with one attached hydrogen (secondary N) is 2. The van der Waals surface area contributed by atoms with Crippen LogP contribution < -0.4 is 10.6 Å². The normalized spacial score (nSPS) is 24.3. The highest BCUT2D eigenvalue weighted by molar-refractivity contribution is 7.90. The predicted molar refractivity (Wildman–Crippen MR) is 54.1 cm³/mol. The molecule has 0 aromatic rings. The van der Waals surface area contributed by atoms with Gasteiger partial charge in [0, 0.05) is 19.2 Å². The van der Waals surface area contributed by atoms with Crippen LogP contribution in [0.5, 0.6) is 0 Å². The summed E-state index contributed by atoms with van der Waals surface area (Å²) >= 11 is 0. The van der Waals surface area contributed by atoms with E-state index in [4.69, 9.17) is 0 Å². The van der Waals surface area contributed by atoms with E-state index < -0.39 is 34.3 Å². The number of alkyl halides is 2. The molecule has 0 radical (unpaired) electrons. The maximum absolute atomic E-state index is 13.0. The van der Waals surface area contributed by atoms with E-state index in [1.807, 2.05) is 0 Å². The van der Waals surface area contributed by atoms with E-state index in [9.17, 15) is 22.0 Å². The number of rotatable bonds is 4. The second-order valence-electron chi connectivity index (χ2n) is 3.89. The van der Waals surface area contributed by atoms with Crippen molar-refractivity contribution in [2.45, 2.75) is 18.4 Å². The number of carbonyl (C=O) groups is 1. The van der Waals surface area contributed by atoms with Crippen LogP contribution in [0.1, 0.15) is 6.42 Å². The number of amides is 1. The molecule has 1 atom stereocenters. The Kier molecular flexibility index (Phi) is 3.84. The van der Waals surface area contributed by atoms with Gasteiger partial charge in [0.2, 0.25) is 5.91 Å². The van der Waals surface area contributed by atoms with E-state index in [0.29, 0.717) is 0 Å². The molecule has 0 aliphatic carbocycles. The fraction of sp³-hybridized carbons (Fsp3) is 0.875. The Balaban J connectivity index is 2.40. The van der Waals surface area contributed by atoms with E-state index in [1.54, 1.807) is 0 Å². The molecule has 1 aliphatic rings. The zero-order valence-electron chi connectivity index (χ0n) is 8.79. The minimum Gasteiger partial charge on any atom is -0.346 e. The van der Waals surface area contributed by atoms with Crippen molar-refractivity contribution < 1.29 is 22.0 Å². The molecular formula is C8H14F2N2O3S. The Labute approximate surface area is 92.5 Å². The number of hydrogen-bond donors (Lipinski definition) is 2. The summed E-state index contributed by atoms with van der Waals surface area (Å²) in [6.45, 7) is -0.471. The minimum atomic E-state index is -3.25. The van der Waals surface area contributed by atoms with Gasteiger partial charge in [-0.05, 0) is 0 Å². The summed E-state index contributed by atoms with van der Waals surface area (Å²) in [4.78, 5) is 11.2. The molecule has 94 valence electrons. The van der Waals surface area contributed by atoms with Crippen LogP contribution in [0.15, 0.2) is 0 Å². The van der Waals surface area contributed by atoms with Crippen molar-refractivity contribution in [2.24, 2.45) is 0 Å². The highest BCUT2D eigenvalue weighted by atomic mass is 32.2. The number of carbonyl (C=O) groups excluding carboxylic acids is 1. The van der Waals surface area contributed by atoms with Crippen LogP contribution in [0.25, 0.3) is 0 Å². The topological polar surface area (TPSA) is 75.3 Å². The van der Waals surface area contributed by atoms with Crippen molar-refractivity contribution in [1.82, 2.24) is 10.6 Å². The lowest BCUT2D eigenvalue weighted by atomic mass is 10.2. The molecule has 0 bridgehead atoms. The van der Waals surface area contributed by atoms with Crippen molar-refractivity contribution >= 4 is 15.7 Å². The third kappa shape index (κ3) is 4.01. The predicted octanol–water partition coefficient (Wildman–Crippen LogP) is -0.856. The zero-order valence-corrected chi connectivity index (χ0v) is 9.61. The van der Waals surface area contributed by atoms with Crippen LogP contribution in [-0.4, -0.2) is 51.4 Å². The molecule has 1 saturated heterocycles. The van der Waals surface area contributed by atoms with Gasteiger partial charge in [-0.1, -0.05) is 0 Å². The van der Waals surface area contributed by atoms with Crippen LogP contribution >= 0.6 is 0 Å². The fourth-order valence-electron chi connectivity index (χ4n) is 1.36. The average molecular weight is 256 g/mol. The Morgan fingerprint density at radius 1 is 1.56 bits per heavy atom. The van der Waals surface area contributed by atoms with Crippen molar-refractivity contribution in [1.29, 1.82) is 0 Å². The van der Waals surface area contributed by atoms with Crippen LogP contribution in [0.3, 0.4) is 0 Å². The molecule has 1 amide bonds. The monoisotopic (exact) mass is 256 g/mol. The lowest BCUT2D eigenvalue weighted by molar-refractivity contribution is -0.123. The van der Waals surface area contributed by atoms with Crippen LogP contribution in [-0.2, 0) is 14.6 Å². The first-order valence-electron chi connectivity index (χ1n) is 4.76. The molecule has 1 heterocycles. The van der Waals surface area contributed by atoms with Gasteiger partial charge in [0.1, 0.15) is 15.9 Å². The first-order valence-corrected chi connectivity index (χ1v) is 6.82. The van der Waals surface area contributed by atoms with E-state index in [0.717, 1.165) is 6.26 Å². The minimum absolute atomic E-state index is 0.00237. The molecule has 0 saturated carbocycles. The van der Waals surface area contributed by atoms with E-state index in [-0.39, 0.29) is 18.7 Å². The summed E-state index contributed by atoms with van der Waals surface area (Å²) < 4.78 is 47.6. The average Bonchev–Trinajstić information content (AvgIpc) is 2.42. The molecule has 1 aliphatic heterocycles. The SMILES string of the molecule is CS(=O)(=O)CCC(=O)N[C@@H]1CNCC1(F)F. The summed E-state index contributed by atoms with van der Waals surface area (Å²) in [6.07, 6.45) is 0.706. The first-order chi connectivity index (χ1) is 7.21. The summed E-state index contributed by atoms with van der Waals surface area (Å²) in [5.41, 5.74) is 0. The quantitative estimate of drug-likeness (QED) is 0.686. The van der Waals surface area contributed by atoms with Crippen molar-refractivity contribution in [3.8, 4) is 0 Å². The number of hydrogen-bond acceptors (Lipinski definition) is 4. The summed E-state index contributed by atoms with van der Waals surface area (Å²) in [6, 6.07) is -1.25. The first kappa shape index (κ1) is 13.3. The van der Waals surface area contributed by atoms with Gasteiger partial charge in [-0.15, -0.1) is 0 Å². The smallest absolute Gasteiger partial charge is 0.281 e. The second kappa shape index (κ2) is 4.62. The molecule has 8 heteroatoms. The summed E-state index contributed by atoms with van der Waals surface area (Å²) in [7, 11) is -3.25. The molecule has 16 heavy (non-hydrogen) atoms.